The summed E-state index contributed by atoms with van der Waals surface area (Å²) in [5.41, 5.74) is 6.12. The molecule has 1 N–H and O–H groups in total. The van der Waals surface area contributed by atoms with Crippen LogP contribution in [0.5, 0.6) is 0 Å². The molecule has 5 aromatic carbocycles. The number of aliphatic carboxylic acids is 1. The highest BCUT2D eigenvalue weighted by atomic mass is 16.4. The van der Waals surface area contributed by atoms with Crippen LogP contribution in [0, 0.1) is 6.92 Å². The van der Waals surface area contributed by atoms with Crippen molar-refractivity contribution in [2.75, 3.05) is 0 Å². The number of aryl methyl sites for hydroxylation is 2. The van der Waals surface area contributed by atoms with Gasteiger partial charge in [-0.3, -0.25) is 14.2 Å². The van der Waals surface area contributed by atoms with Crippen molar-refractivity contribution in [3.05, 3.63) is 189 Å². The zero-order valence-electron chi connectivity index (χ0n) is 28.3. The van der Waals surface area contributed by atoms with Gasteiger partial charge in [0.15, 0.2) is 5.82 Å². The summed E-state index contributed by atoms with van der Waals surface area (Å²) < 4.78 is 3.51. The summed E-state index contributed by atoms with van der Waals surface area (Å²) in [6.07, 6.45) is 0.178. The van der Waals surface area contributed by atoms with Crippen LogP contribution in [0.15, 0.2) is 144 Å². The smallest absolute Gasteiger partial charge is 0.308 e. The average Bonchev–Trinajstić information content (AvgIpc) is 3.66. The number of carbonyl (C=O) groups is 1. The lowest BCUT2D eigenvalue weighted by atomic mass is 9.77. The second-order valence-electron chi connectivity index (χ2n) is 12.4. The fraction of sp³-hybridized carbons (Fsp3) is 0.143. The first-order valence-electron chi connectivity index (χ1n) is 16.9. The van der Waals surface area contributed by atoms with E-state index in [1.807, 2.05) is 109 Å². The molecule has 2 heterocycles. The van der Waals surface area contributed by atoms with Crippen LogP contribution in [0.4, 0.5) is 0 Å². The molecule has 7 aromatic rings. The van der Waals surface area contributed by atoms with E-state index < -0.39 is 11.5 Å². The fourth-order valence-electron chi connectivity index (χ4n) is 6.93. The Kier molecular flexibility index (Phi) is 9.18. The molecule has 51 heavy (non-hydrogen) atoms. The highest BCUT2D eigenvalue weighted by Gasteiger charge is 2.42. The number of carboxylic acids is 1. The fourth-order valence-corrected chi connectivity index (χ4v) is 6.93. The van der Waals surface area contributed by atoms with E-state index in [4.69, 9.17) is 5.21 Å². The number of aromatic nitrogens is 6. The van der Waals surface area contributed by atoms with Gasteiger partial charge in [-0.15, -0.1) is 5.10 Å². The van der Waals surface area contributed by atoms with E-state index in [-0.39, 0.29) is 24.1 Å². The number of nitrogens with zero attached hydrogens (tertiary/aromatic N) is 6. The van der Waals surface area contributed by atoms with Crippen LogP contribution < -0.4 is 5.56 Å². The van der Waals surface area contributed by atoms with Crippen molar-refractivity contribution in [1.82, 2.24) is 29.8 Å². The van der Waals surface area contributed by atoms with Gasteiger partial charge in [0.2, 0.25) is 0 Å². The van der Waals surface area contributed by atoms with E-state index in [1.54, 1.807) is 11.5 Å². The quantitative estimate of drug-likeness (QED) is 0.148. The minimum Gasteiger partial charge on any atom is -0.481 e. The Bertz CT molecular complexity index is 2260. The van der Waals surface area contributed by atoms with Gasteiger partial charge in [-0.1, -0.05) is 146 Å². The van der Waals surface area contributed by atoms with Crippen molar-refractivity contribution in [2.45, 2.75) is 38.8 Å². The number of tetrazole rings is 1. The Morgan fingerprint density at radius 2 is 1.25 bits per heavy atom. The molecule has 9 nitrogen and oxygen atoms in total. The lowest BCUT2D eigenvalue weighted by Gasteiger charge is -2.36. The van der Waals surface area contributed by atoms with Gasteiger partial charge in [-0.2, -0.15) is 0 Å². The van der Waals surface area contributed by atoms with Gasteiger partial charge in [0, 0.05) is 23.2 Å². The maximum Gasteiger partial charge on any atom is 0.308 e. The van der Waals surface area contributed by atoms with Crippen LogP contribution >= 0.6 is 0 Å². The summed E-state index contributed by atoms with van der Waals surface area (Å²) in [4.78, 5) is 29.5. The Balaban J connectivity index is 1.34. The van der Waals surface area contributed by atoms with Crippen LogP contribution in [0.2, 0.25) is 0 Å². The first kappa shape index (κ1) is 33.0. The maximum atomic E-state index is 13.4. The van der Waals surface area contributed by atoms with Crippen LogP contribution in [0.25, 0.3) is 22.5 Å². The predicted molar refractivity (Wildman–Crippen MR) is 196 cm³/mol. The number of hydrogen-bond donors (Lipinski definition) is 1. The molecule has 0 unspecified atom stereocenters. The molecule has 9 heteroatoms. The molecule has 0 radical (unpaired) electrons. The van der Waals surface area contributed by atoms with Crippen LogP contribution in [0.1, 0.15) is 46.3 Å². The molecular weight excluding hydrogens is 637 g/mol. The normalized spacial score (nSPS) is 11.4. The monoisotopic (exact) mass is 672 g/mol. The Morgan fingerprint density at radius 1 is 0.725 bits per heavy atom. The van der Waals surface area contributed by atoms with E-state index >= 15 is 0 Å². The summed E-state index contributed by atoms with van der Waals surface area (Å²) >= 11 is 0. The SMILES string of the molecule is CCc1nc(C)c(CC(=O)O)c(=O)n1Cc1ccc(-c2ccccc2-c2nnnn2C(c2ccccc2)(c2ccccc2)c2ccccc2)cc1. The molecular formula is C42H36N6O3. The van der Waals surface area contributed by atoms with Crippen LogP contribution in [-0.2, 0) is 29.7 Å². The molecule has 252 valence electrons. The van der Waals surface area contributed by atoms with Gasteiger partial charge < -0.3 is 5.11 Å². The van der Waals surface area contributed by atoms with Crippen molar-refractivity contribution >= 4 is 5.97 Å². The van der Waals surface area contributed by atoms with E-state index in [0.29, 0.717) is 23.8 Å². The largest absolute Gasteiger partial charge is 0.481 e. The van der Waals surface area contributed by atoms with E-state index in [9.17, 15) is 14.7 Å². The van der Waals surface area contributed by atoms with Gasteiger partial charge in [0.05, 0.1) is 13.0 Å². The molecule has 0 aliphatic rings. The molecule has 0 bridgehead atoms. The zero-order valence-corrected chi connectivity index (χ0v) is 28.3. The van der Waals surface area contributed by atoms with Gasteiger partial charge in [-0.25, -0.2) is 9.67 Å². The van der Waals surface area contributed by atoms with E-state index in [0.717, 1.165) is 38.9 Å². The highest BCUT2D eigenvalue weighted by molar-refractivity contribution is 5.81. The third-order valence-electron chi connectivity index (χ3n) is 9.33. The molecule has 0 atom stereocenters. The summed E-state index contributed by atoms with van der Waals surface area (Å²) in [7, 11) is 0. The number of carboxylic acid groups (broad SMARTS) is 1. The van der Waals surface area contributed by atoms with E-state index in [2.05, 4.69) is 57.8 Å². The summed E-state index contributed by atoms with van der Waals surface area (Å²) in [6.45, 7) is 3.90. The Morgan fingerprint density at radius 3 is 1.78 bits per heavy atom. The van der Waals surface area contributed by atoms with Crippen molar-refractivity contribution in [3.8, 4) is 22.5 Å². The van der Waals surface area contributed by atoms with Gasteiger partial charge in [0.25, 0.3) is 5.56 Å². The molecule has 0 aliphatic heterocycles. The molecule has 0 saturated carbocycles. The van der Waals surface area contributed by atoms with Crippen molar-refractivity contribution in [3.63, 3.8) is 0 Å². The van der Waals surface area contributed by atoms with Gasteiger partial charge >= 0.3 is 5.97 Å². The molecule has 0 amide bonds. The van der Waals surface area contributed by atoms with E-state index in [1.165, 1.54) is 0 Å². The summed E-state index contributed by atoms with van der Waals surface area (Å²) in [5, 5.41) is 23.1. The molecule has 7 rings (SSSR count). The number of hydrogen-bond acceptors (Lipinski definition) is 6. The molecule has 2 aromatic heterocycles. The zero-order chi connectivity index (χ0) is 35.4. The van der Waals surface area contributed by atoms with Gasteiger partial charge in [0.1, 0.15) is 11.4 Å². The molecule has 0 aliphatic carbocycles. The summed E-state index contributed by atoms with van der Waals surface area (Å²) in [6, 6.07) is 47.0. The second-order valence-corrected chi connectivity index (χ2v) is 12.4. The average molecular weight is 673 g/mol. The topological polar surface area (TPSA) is 116 Å². The number of benzene rings is 5. The highest BCUT2D eigenvalue weighted by Crippen LogP contribution is 2.43. The second kappa shape index (κ2) is 14.2. The minimum atomic E-state index is -1.06. The number of rotatable bonds is 11. The first-order chi connectivity index (χ1) is 24.9. The van der Waals surface area contributed by atoms with Crippen LogP contribution in [0.3, 0.4) is 0 Å². The van der Waals surface area contributed by atoms with Crippen molar-refractivity contribution in [2.24, 2.45) is 0 Å². The van der Waals surface area contributed by atoms with Gasteiger partial charge in [-0.05, 0) is 50.7 Å². The maximum absolute atomic E-state index is 13.4. The van der Waals surface area contributed by atoms with Crippen molar-refractivity contribution < 1.29 is 9.90 Å². The standard InChI is InChI=1S/C42H36N6O3/c1-3-38-43-29(2)37(27-39(49)50)41(51)47(38)28-30-23-25-31(26-24-30)35-21-13-14-22-36(35)40-44-45-46-48(40)42(32-15-7-4-8-16-32,33-17-9-5-10-18-33)34-19-11-6-12-20-34/h4-26H,3,27-28H2,1-2H3,(H,49,50). The third kappa shape index (κ3) is 6.14. The van der Waals surface area contributed by atoms with Crippen LogP contribution in [-0.4, -0.2) is 40.8 Å². The Labute approximate surface area is 295 Å². The lowest BCUT2D eigenvalue weighted by Crippen LogP contribution is -2.39. The lowest BCUT2D eigenvalue weighted by molar-refractivity contribution is -0.136. The first-order valence-corrected chi connectivity index (χ1v) is 16.9. The molecule has 0 spiro atoms. The Hall–Kier alpha value is -6.48. The summed E-state index contributed by atoms with van der Waals surface area (Å²) in [5.74, 6) is 0.157. The predicted octanol–water partition coefficient (Wildman–Crippen LogP) is 6.95. The molecule has 0 saturated heterocycles. The minimum absolute atomic E-state index is 0.209. The molecule has 0 fully saturated rings. The van der Waals surface area contributed by atoms with Crippen molar-refractivity contribution in [1.29, 1.82) is 0 Å². The third-order valence-corrected chi connectivity index (χ3v) is 9.33.